The molecule has 2 N–H and O–H groups in total. The van der Waals surface area contributed by atoms with Crippen LogP contribution in [0.2, 0.25) is 0 Å². The van der Waals surface area contributed by atoms with Crippen molar-refractivity contribution in [1.29, 1.82) is 0 Å². The van der Waals surface area contributed by atoms with Crippen molar-refractivity contribution in [3.63, 3.8) is 0 Å². The van der Waals surface area contributed by atoms with Crippen molar-refractivity contribution in [3.05, 3.63) is 35.9 Å². The molecule has 0 aliphatic carbocycles. The summed E-state index contributed by atoms with van der Waals surface area (Å²) in [5.74, 6) is -0.356. The summed E-state index contributed by atoms with van der Waals surface area (Å²) in [5, 5.41) is 0.565. The maximum atomic E-state index is 12.3. The number of alkyl halides is 3. The molecule has 1 aromatic heterocycles. The third-order valence-corrected chi connectivity index (χ3v) is 3.04. The number of rotatable bonds is 3. The van der Waals surface area contributed by atoms with Crippen molar-refractivity contribution in [2.75, 3.05) is 19.3 Å². The fraction of sp³-hybridized carbons (Fsp3) is 0.286. The zero-order valence-corrected chi connectivity index (χ0v) is 11.3. The molecule has 1 amide bonds. The summed E-state index contributed by atoms with van der Waals surface area (Å²) in [6.07, 6.45) is -5.35. The van der Waals surface area contributed by atoms with E-state index in [9.17, 15) is 18.0 Å². The van der Waals surface area contributed by atoms with Gasteiger partial charge in [-0.1, -0.05) is 18.2 Å². The predicted molar refractivity (Wildman–Crippen MR) is 73.8 cm³/mol. The summed E-state index contributed by atoms with van der Waals surface area (Å²) in [6.45, 7) is -0.404. The average Bonchev–Trinajstić information content (AvgIpc) is 2.42. The lowest BCUT2D eigenvalue weighted by molar-refractivity contribution is -0.136. The van der Waals surface area contributed by atoms with Gasteiger partial charge in [0.1, 0.15) is 5.82 Å². The number of hydrogen-bond acceptors (Lipinski definition) is 3. The van der Waals surface area contributed by atoms with Crippen LogP contribution in [0.25, 0.3) is 10.9 Å². The Morgan fingerprint density at radius 1 is 1.33 bits per heavy atom. The van der Waals surface area contributed by atoms with Crippen molar-refractivity contribution in [3.8, 4) is 0 Å². The molecular formula is C14H14F3N3O. The standard InChI is InChI=1S/C14H14F3N3O/c1-20(7-6-14(15,16)17)13(21)10-8-12(18)19-11-5-3-2-4-9(10)11/h2-5,8H,6-7H2,1H3,(H2,18,19). The molecule has 4 nitrogen and oxygen atoms in total. The highest BCUT2D eigenvalue weighted by Gasteiger charge is 2.28. The van der Waals surface area contributed by atoms with Crippen LogP contribution in [0.1, 0.15) is 16.8 Å². The molecule has 7 heteroatoms. The van der Waals surface area contributed by atoms with Gasteiger partial charge in [0, 0.05) is 19.0 Å². The van der Waals surface area contributed by atoms with Crippen LogP contribution in [0.3, 0.4) is 0 Å². The van der Waals surface area contributed by atoms with E-state index >= 15 is 0 Å². The van der Waals surface area contributed by atoms with Crippen LogP contribution in [0, 0.1) is 0 Å². The number of fused-ring (bicyclic) bond motifs is 1. The second kappa shape index (κ2) is 5.59. The molecule has 0 radical (unpaired) electrons. The summed E-state index contributed by atoms with van der Waals surface area (Å²) in [6, 6.07) is 8.24. The third kappa shape index (κ3) is 3.62. The molecule has 0 atom stereocenters. The second-order valence-electron chi connectivity index (χ2n) is 4.70. The summed E-state index contributed by atoms with van der Waals surface area (Å²) >= 11 is 0. The first-order valence-corrected chi connectivity index (χ1v) is 6.25. The number of nitrogens with two attached hydrogens (primary N) is 1. The zero-order chi connectivity index (χ0) is 15.6. The minimum Gasteiger partial charge on any atom is -0.384 e. The molecule has 0 bridgehead atoms. The molecule has 0 unspecified atom stereocenters. The number of benzene rings is 1. The first-order chi connectivity index (χ1) is 9.78. The lowest BCUT2D eigenvalue weighted by Gasteiger charge is -2.19. The molecular weight excluding hydrogens is 283 g/mol. The molecule has 21 heavy (non-hydrogen) atoms. The summed E-state index contributed by atoms with van der Waals surface area (Å²) in [5.41, 5.74) is 6.43. The Bertz CT molecular complexity index is 670. The molecule has 2 aromatic rings. The monoisotopic (exact) mass is 297 g/mol. The number of nitrogens with zero attached hydrogens (tertiary/aromatic N) is 2. The average molecular weight is 297 g/mol. The molecule has 0 saturated carbocycles. The fourth-order valence-electron chi connectivity index (χ4n) is 1.97. The number of nitrogen functional groups attached to an aromatic ring is 1. The number of aromatic nitrogens is 1. The van der Waals surface area contributed by atoms with E-state index in [0.717, 1.165) is 4.90 Å². The Kier molecular flexibility index (Phi) is 4.02. The highest BCUT2D eigenvalue weighted by Crippen LogP contribution is 2.23. The number of carbonyl (C=O) groups is 1. The third-order valence-electron chi connectivity index (χ3n) is 3.04. The molecule has 112 valence electrons. The Balaban J connectivity index is 2.31. The van der Waals surface area contributed by atoms with Gasteiger partial charge in [0.2, 0.25) is 0 Å². The van der Waals surface area contributed by atoms with Gasteiger partial charge in [-0.15, -0.1) is 0 Å². The number of halogens is 3. The Morgan fingerprint density at radius 2 is 2.00 bits per heavy atom. The number of anilines is 1. The van der Waals surface area contributed by atoms with E-state index < -0.39 is 25.0 Å². The first-order valence-electron chi connectivity index (χ1n) is 6.25. The van der Waals surface area contributed by atoms with Gasteiger partial charge in [-0.25, -0.2) is 4.98 Å². The van der Waals surface area contributed by atoms with E-state index in [2.05, 4.69) is 4.98 Å². The summed E-state index contributed by atoms with van der Waals surface area (Å²) < 4.78 is 36.7. The topological polar surface area (TPSA) is 59.2 Å². The van der Waals surface area contributed by atoms with Gasteiger partial charge in [-0.3, -0.25) is 4.79 Å². The van der Waals surface area contributed by atoms with Crippen LogP contribution in [-0.2, 0) is 0 Å². The first kappa shape index (κ1) is 15.1. The van der Waals surface area contributed by atoms with Gasteiger partial charge >= 0.3 is 6.18 Å². The maximum Gasteiger partial charge on any atom is 0.390 e. The summed E-state index contributed by atoms with van der Waals surface area (Å²) in [4.78, 5) is 17.4. The Labute approximate surface area is 119 Å². The van der Waals surface area contributed by atoms with Crippen molar-refractivity contribution < 1.29 is 18.0 Å². The minimum absolute atomic E-state index is 0.154. The van der Waals surface area contributed by atoms with Crippen molar-refractivity contribution in [2.45, 2.75) is 12.6 Å². The number of para-hydroxylation sites is 1. The quantitative estimate of drug-likeness (QED) is 0.947. The van der Waals surface area contributed by atoms with Crippen molar-refractivity contribution in [1.82, 2.24) is 9.88 Å². The van der Waals surface area contributed by atoms with E-state index in [0.29, 0.717) is 10.9 Å². The summed E-state index contributed by atoms with van der Waals surface area (Å²) in [7, 11) is 1.33. The van der Waals surface area contributed by atoms with Crippen molar-refractivity contribution >= 4 is 22.6 Å². The maximum absolute atomic E-state index is 12.3. The minimum atomic E-state index is -4.30. The molecule has 2 rings (SSSR count). The van der Waals surface area contributed by atoms with Crippen LogP contribution in [0.5, 0.6) is 0 Å². The van der Waals surface area contributed by atoms with Crippen LogP contribution < -0.4 is 5.73 Å². The number of pyridine rings is 1. The fourth-order valence-corrected chi connectivity index (χ4v) is 1.97. The highest BCUT2D eigenvalue weighted by atomic mass is 19.4. The molecule has 0 saturated heterocycles. The number of amides is 1. The Hall–Kier alpha value is -2.31. The molecule has 1 aromatic carbocycles. The van der Waals surface area contributed by atoms with Crippen LogP contribution >= 0.6 is 0 Å². The molecule has 1 heterocycles. The van der Waals surface area contributed by atoms with E-state index in [4.69, 9.17) is 5.73 Å². The normalized spacial score (nSPS) is 11.6. The zero-order valence-electron chi connectivity index (χ0n) is 11.3. The van der Waals surface area contributed by atoms with Crippen LogP contribution in [0.4, 0.5) is 19.0 Å². The largest absolute Gasteiger partial charge is 0.390 e. The van der Waals surface area contributed by atoms with Crippen LogP contribution in [-0.4, -0.2) is 35.6 Å². The molecule has 0 aliphatic heterocycles. The van der Waals surface area contributed by atoms with Gasteiger partial charge in [0.25, 0.3) is 5.91 Å². The van der Waals surface area contributed by atoms with E-state index in [-0.39, 0.29) is 11.4 Å². The van der Waals surface area contributed by atoms with Gasteiger partial charge in [0.05, 0.1) is 17.5 Å². The van der Waals surface area contributed by atoms with Gasteiger partial charge in [0.15, 0.2) is 0 Å². The number of carbonyl (C=O) groups excluding carboxylic acids is 1. The SMILES string of the molecule is CN(CCC(F)(F)F)C(=O)c1cc(N)nc2ccccc12. The van der Waals surface area contributed by atoms with Crippen molar-refractivity contribution in [2.24, 2.45) is 0 Å². The smallest absolute Gasteiger partial charge is 0.384 e. The van der Waals surface area contributed by atoms with Crippen LogP contribution in [0.15, 0.2) is 30.3 Å². The van der Waals surface area contributed by atoms with Gasteiger partial charge < -0.3 is 10.6 Å². The lowest BCUT2D eigenvalue weighted by atomic mass is 10.1. The van der Waals surface area contributed by atoms with Gasteiger partial charge in [-0.2, -0.15) is 13.2 Å². The lowest BCUT2D eigenvalue weighted by Crippen LogP contribution is -2.30. The molecule has 0 spiro atoms. The molecule has 0 fully saturated rings. The van der Waals surface area contributed by atoms with E-state index in [1.165, 1.54) is 13.1 Å². The van der Waals surface area contributed by atoms with E-state index in [1.807, 2.05) is 0 Å². The Morgan fingerprint density at radius 3 is 2.67 bits per heavy atom. The molecule has 0 aliphatic rings. The van der Waals surface area contributed by atoms with E-state index in [1.54, 1.807) is 24.3 Å². The number of hydrogen-bond donors (Lipinski definition) is 1. The second-order valence-corrected chi connectivity index (χ2v) is 4.70. The predicted octanol–water partition coefficient (Wildman–Crippen LogP) is 2.84. The highest BCUT2D eigenvalue weighted by molar-refractivity contribution is 6.06. The van der Waals surface area contributed by atoms with Gasteiger partial charge in [-0.05, 0) is 12.1 Å².